The van der Waals surface area contributed by atoms with E-state index in [0.29, 0.717) is 10.7 Å². The fourth-order valence-electron chi connectivity index (χ4n) is 2.70. The normalized spacial score (nSPS) is 11.1. The summed E-state index contributed by atoms with van der Waals surface area (Å²) in [6.07, 6.45) is 1.88. The summed E-state index contributed by atoms with van der Waals surface area (Å²) in [5, 5.41) is 6.09. The summed E-state index contributed by atoms with van der Waals surface area (Å²) in [5.41, 5.74) is 3.04. The number of anilines is 1. The van der Waals surface area contributed by atoms with Crippen LogP contribution in [-0.2, 0) is 0 Å². The fourth-order valence-corrected chi connectivity index (χ4v) is 3.40. The second kappa shape index (κ2) is 7.16. The third-order valence-electron chi connectivity index (χ3n) is 3.93. The Kier molecular flexibility index (Phi) is 4.55. The Morgan fingerprint density at radius 1 is 1.15 bits per heavy atom. The number of nitrogens with zero attached hydrogens (tertiary/aromatic N) is 1. The van der Waals surface area contributed by atoms with E-state index in [4.69, 9.17) is 0 Å². The van der Waals surface area contributed by atoms with Gasteiger partial charge in [-0.2, -0.15) is 8.78 Å². The van der Waals surface area contributed by atoms with Crippen molar-refractivity contribution < 1.29 is 18.3 Å². The molecule has 2 aromatic carbocycles. The Morgan fingerprint density at radius 2 is 1.93 bits per heavy atom. The first kappa shape index (κ1) is 17.2. The van der Waals surface area contributed by atoms with Gasteiger partial charge in [-0.25, -0.2) is 4.98 Å². The van der Waals surface area contributed by atoms with E-state index in [0.717, 1.165) is 22.2 Å². The number of nitrogens with one attached hydrogen (secondary N) is 2. The number of halogens is 2. The highest BCUT2D eigenvalue weighted by atomic mass is 32.1. The highest BCUT2D eigenvalue weighted by Crippen LogP contribution is 2.31. The molecule has 2 aromatic heterocycles. The second-order valence-corrected chi connectivity index (χ2v) is 6.50. The van der Waals surface area contributed by atoms with Crippen LogP contribution in [0.5, 0.6) is 5.75 Å². The van der Waals surface area contributed by atoms with Crippen molar-refractivity contribution in [3.63, 3.8) is 0 Å². The first-order valence-electron chi connectivity index (χ1n) is 7.98. The lowest BCUT2D eigenvalue weighted by Crippen LogP contribution is -2.11. The molecule has 0 atom stereocenters. The molecule has 0 aliphatic heterocycles. The standard InChI is InChI=1S/C19H13F2N3O2S/c20-18(21)26-12-7-5-11(6-8-12)17(25)24-19-23-16(10-27-19)14-9-22-15-4-2-1-3-13(14)15/h1-10,18,22H,(H,23,24,25). The van der Waals surface area contributed by atoms with Crippen LogP contribution in [0.15, 0.2) is 60.1 Å². The maximum atomic E-state index is 12.3. The smallest absolute Gasteiger partial charge is 0.387 e. The molecule has 5 nitrogen and oxygen atoms in total. The predicted octanol–water partition coefficient (Wildman–Crippen LogP) is 5.15. The van der Waals surface area contributed by atoms with E-state index in [1.54, 1.807) is 0 Å². The number of aromatic amines is 1. The number of benzene rings is 2. The number of hydrogen-bond donors (Lipinski definition) is 2. The highest BCUT2D eigenvalue weighted by molar-refractivity contribution is 7.14. The van der Waals surface area contributed by atoms with Crippen molar-refractivity contribution in [3.05, 3.63) is 65.7 Å². The third kappa shape index (κ3) is 3.65. The molecule has 0 fully saturated rings. The molecule has 4 rings (SSSR count). The van der Waals surface area contributed by atoms with Gasteiger partial charge >= 0.3 is 6.61 Å². The van der Waals surface area contributed by atoms with E-state index in [1.165, 1.54) is 35.6 Å². The van der Waals surface area contributed by atoms with Gasteiger partial charge in [0.1, 0.15) is 5.75 Å². The van der Waals surface area contributed by atoms with Gasteiger partial charge in [-0.1, -0.05) is 18.2 Å². The largest absolute Gasteiger partial charge is 0.435 e. The van der Waals surface area contributed by atoms with Crippen molar-refractivity contribution in [3.8, 4) is 17.0 Å². The van der Waals surface area contributed by atoms with Gasteiger partial charge in [0.05, 0.1) is 5.69 Å². The van der Waals surface area contributed by atoms with Gasteiger partial charge in [0.15, 0.2) is 5.13 Å². The number of H-pyrrole nitrogens is 1. The predicted molar refractivity (Wildman–Crippen MR) is 100 cm³/mol. The number of alkyl halides is 2. The van der Waals surface area contributed by atoms with Crippen LogP contribution in [0.4, 0.5) is 13.9 Å². The Morgan fingerprint density at radius 3 is 2.70 bits per heavy atom. The number of rotatable bonds is 5. The van der Waals surface area contributed by atoms with Gasteiger partial charge in [-0.05, 0) is 30.3 Å². The molecule has 2 N–H and O–H groups in total. The summed E-state index contributed by atoms with van der Waals surface area (Å²) in [4.78, 5) is 20.0. The van der Waals surface area contributed by atoms with Crippen molar-refractivity contribution in [2.45, 2.75) is 6.61 Å². The maximum absolute atomic E-state index is 12.3. The van der Waals surface area contributed by atoms with Crippen molar-refractivity contribution in [2.24, 2.45) is 0 Å². The van der Waals surface area contributed by atoms with E-state index in [2.05, 4.69) is 20.0 Å². The fraction of sp³-hybridized carbons (Fsp3) is 0.0526. The maximum Gasteiger partial charge on any atom is 0.387 e. The van der Waals surface area contributed by atoms with Gasteiger partial charge in [0.2, 0.25) is 0 Å². The minimum absolute atomic E-state index is 0.00239. The monoisotopic (exact) mass is 385 g/mol. The van der Waals surface area contributed by atoms with Crippen LogP contribution >= 0.6 is 11.3 Å². The summed E-state index contributed by atoms with van der Waals surface area (Å²) in [6.45, 7) is -2.90. The van der Waals surface area contributed by atoms with Crippen molar-refractivity contribution in [2.75, 3.05) is 5.32 Å². The van der Waals surface area contributed by atoms with Crippen LogP contribution < -0.4 is 10.1 Å². The van der Waals surface area contributed by atoms with Gasteiger partial charge in [0.25, 0.3) is 5.91 Å². The van der Waals surface area contributed by atoms with Gasteiger partial charge < -0.3 is 9.72 Å². The number of aromatic nitrogens is 2. The van der Waals surface area contributed by atoms with Crippen LogP contribution in [-0.4, -0.2) is 22.5 Å². The molecule has 27 heavy (non-hydrogen) atoms. The van der Waals surface area contributed by atoms with E-state index < -0.39 is 6.61 Å². The van der Waals surface area contributed by atoms with Crippen molar-refractivity contribution in [1.29, 1.82) is 0 Å². The summed E-state index contributed by atoms with van der Waals surface area (Å²) >= 11 is 1.31. The zero-order valence-electron chi connectivity index (χ0n) is 13.8. The third-order valence-corrected chi connectivity index (χ3v) is 4.69. The molecule has 4 aromatic rings. The van der Waals surface area contributed by atoms with Crippen LogP contribution in [0, 0.1) is 0 Å². The Bertz CT molecular complexity index is 1090. The molecule has 0 saturated carbocycles. The first-order chi connectivity index (χ1) is 13.1. The number of carbonyl (C=O) groups excluding carboxylic acids is 1. The minimum atomic E-state index is -2.90. The lowest BCUT2D eigenvalue weighted by molar-refractivity contribution is -0.0498. The van der Waals surface area contributed by atoms with Crippen LogP contribution in [0.25, 0.3) is 22.2 Å². The average molecular weight is 385 g/mol. The van der Waals surface area contributed by atoms with Gasteiger partial charge in [0, 0.05) is 33.6 Å². The van der Waals surface area contributed by atoms with E-state index in [-0.39, 0.29) is 11.7 Å². The lowest BCUT2D eigenvalue weighted by atomic mass is 10.1. The molecule has 0 bridgehead atoms. The van der Waals surface area contributed by atoms with Crippen molar-refractivity contribution in [1.82, 2.24) is 9.97 Å². The van der Waals surface area contributed by atoms with E-state index in [1.807, 2.05) is 35.8 Å². The Balaban J connectivity index is 1.50. The average Bonchev–Trinajstić information content (AvgIpc) is 3.28. The molecular weight excluding hydrogens is 372 g/mol. The summed E-state index contributed by atoms with van der Waals surface area (Å²) < 4.78 is 28.6. The van der Waals surface area contributed by atoms with Crippen LogP contribution in [0.2, 0.25) is 0 Å². The summed E-state index contributed by atoms with van der Waals surface area (Å²) in [5.74, 6) is -0.379. The SMILES string of the molecule is O=C(Nc1nc(-c2c[nH]c3ccccc23)cs1)c1ccc(OC(F)F)cc1. The molecule has 0 unspecified atom stereocenters. The molecule has 1 amide bonds. The summed E-state index contributed by atoms with van der Waals surface area (Å²) in [6, 6.07) is 13.4. The number of hydrogen-bond acceptors (Lipinski definition) is 4. The van der Waals surface area contributed by atoms with Crippen molar-refractivity contribution >= 4 is 33.3 Å². The van der Waals surface area contributed by atoms with Gasteiger partial charge in [-0.3, -0.25) is 10.1 Å². The van der Waals surface area contributed by atoms with E-state index in [9.17, 15) is 13.6 Å². The minimum Gasteiger partial charge on any atom is -0.435 e. The molecule has 8 heteroatoms. The quantitative estimate of drug-likeness (QED) is 0.500. The molecule has 0 spiro atoms. The number of thiazole rings is 1. The molecular formula is C19H13F2N3O2S. The molecule has 0 radical (unpaired) electrons. The molecule has 0 saturated heterocycles. The van der Waals surface area contributed by atoms with E-state index >= 15 is 0 Å². The first-order valence-corrected chi connectivity index (χ1v) is 8.86. The zero-order valence-corrected chi connectivity index (χ0v) is 14.6. The highest BCUT2D eigenvalue weighted by Gasteiger charge is 2.13. The number of fused-ring (bicyclic) bond motifs is 1. The second-order valence-electron chi connectivity index (χ2n) is 5.64. The number of amides is 1. The number of ether oxygens (including phenoxy) is 1. The lowest BCUT2D eigenvalue weighted by Gasteiger charge is -2.05. The molecule has 2 heterocycles. The van der Waals surface area contributed by atoms with Crippen LogP contribution in [0.1, 0.15) is 10.4 Å². The summed E-state index contributed by atoms with van der Waals surface area (Å²) in [7, 11) is 0. The topological polar surface area (TPSA) is 67.0 Å². The molecule has 136 valence electrons. The Hall–Kier alpha value is -3.26. The molecule has 0 aliphatic rings. The number of carbonyl (C=O) groups is 1. The molecule has 0 aliphatic carbocycles. The number of para-hydroxylation sites is 1. The zero-order chi connectivity index (χ0) is 18.8. The Labute approximate surface area is 156 Å². The van der Waals surface area contributed by atoms with Crippen LogP contribution in [0.3, 0.4) is 0 Å². The van der Waals surface area contributed by atoms with Gasteiger partial charge in [-0.15, -0.1) is 11.3 Å².